The minimum absolute atomic E-state index is 0.0862. The van der Waals surface area contributed by atoms with Gasteiger partial charge in [-0.1, -0.05) is 37.6 Å². The number of hydrogen-bond donors (Lipinski definition) is 2. The highest BCUT2D eigenvalue weighted by molar-refractivity contribution is 5.33. The van der Waals surface area contributed by atoms with Crippen LogP contribution in [-0.2, 0) is 0 Å². The Hall–Kier alpha value is -0.600. The summed E-state index contributed by atoms with van der Waals surface area (Å²) in [5.74, 6) is 2.15. The zero-order chi connectivity index (χ0) is 14.8. The number of aliphatic hydroxyl groups is 2. The standard InChI is InChI=1S/C19H28O2/c1-18-9-7-13(20)11-12(18)3-4-14-15-5-6-17(21)19(15,2)10-8-16(14)18/h7,9,11,13-17,20-21H,3-6,8,10H2,1-2H3. The summed E-state index contributed by atoms with van der Waals surface area (Å²) in [6.07, 6.45) is 12.9. The number of rotatable bonds is 0. The molecular weight excluding hydrogens is 260 g/mol. The van der Waals surface area contributed by atoms with Crippen LogP contribution in [0.15, 0.2) is 23.8 Å². The summed E-state index contributed by atoms with van der Waals surface area (Å²) >= 11 is 0. The van der Waals surface area contributed by atoms with Crippen molar-refractivity contribution in [2.75, 3.05) is 0 Å². The molecule has 0 aliphatic heterocycles. The summed E-state index contributed by atoms with van der Waals surface area (Å²) < 4.78 is 0. The summed E-state index contributed by atoms with van der Waals surface area (Å²) in [6, 6.07) is 0. The first kappa shape index (κ1) is 14.0. The molecule has 0 aromatic carbocycles. The molecule has 2 N–H and O–H groups in total. The van der Waals surface area contributed by atoms with Crippen LogP contribution in [0.2, 0.25) is 0 Å². The Balaban J connectivity index is 1.69. The third-order valence-electron chi connectivity index (χ3n) is 7.61. The average molecular weight is 288 g/mol. The summed E-state index contributed by atoms with van der Waals surface area (Å²) in [4.78, 5) is 0. The predicted molar refractivity (Wildman–Crippen MR) is 83.6 cm³/mol. The Labute approximate surface area is 127 Å². The maximum absolute atomic E-state index is 10.4. The highest BCUT2D eigenvalue weighted by Gasteiger charge is 2.58. The molecule has 2 nitrogen and oxygen atoms in total. The lowest BCUT2D eigenvalue weighted by atomic mass is 9.48. The molecule has 0 aromatic heterocycles. The van der Waals surface area contributed by atoms with Crippen LogP contribution >= 0.6 is 0 Å². The van der Waals surface area contributed by atoms with Crippen LogP contribution < -0.4 is 0 Å². The molecule has 0 radical (unpaired) electrons. The molecule has 4 aliphatic rings. The van der Waals surface area contributed by atoms with Gasteiger partial charge in [-0.3, -0.25) is 0 Å². The van der Waals surface area contributed by atoms with Gasteiger partial charge in [0.15, 0.2) is 0 Å². The molecule has 0 heterocycles. The van der Waals surface area contributed by atoms with Crippen molar-refractivity contribution in [3.8, 4) is 0 Å². The molecule has 116 valence electrons. The van der Waals surface area contributed by atoms with Crippen molar-refractivity contribution >= 4 is 0 Å². The van der Waals surface area contributed by atoms with E-state index in [0.717, 1.165) is 18.8 Å². The fraction of sp³-hybridized carbons (Fsp3) is 0.789. The zero-order valence-electron chi connectivity index (χ0n) is 13.3. The molecule has 0 aromatic rings. The highest BCUT2D eigenvalue weighted by atomic mass is 16.3. The van der Waals surface area contributed by atoms with E-state index in [2.05, 4.69) is 26.0 Å². The van der Waals surface area contributed by atoms with E-state index in [0.29, 0.717) is 11.8 Å². The van der Waals surface area contributed by atoms with E-state index in [4.69, 9.17) is 0 Å². The summed E-state index contributed by atoms with van der Waals surface area (Å²) in [5, 5.41) is 20.3. The third-order valence-corrected chi connectivity index (χ3v) is 7.61. The first-order valence-corrected chi connectivity index (χ1v) is 8.72. The van der Waals surface area contributed by atoms with E-state index >= 15 is 0 Å². The van der Waals surface area contributed by atoms with Crippen molar-refractivity contribution in [3.63, 3.8) is 0 Å². The summed E-state index contributed by atoms with van der Waals surface area (Å²) in [7, 11) is 0. The maximum atomic E-state index is 10.4. The van der Waals surface area contributed by atoms with Crippen LogP contribution in [0.3, 0.4) is 0 Å². The normalized spacial score (nSPS) is 55.4. The predicted octanol–water partition coefficient (Wildman–Crippen LogP) is 3.45. The van der Waals surface area contributed by atoms with Gasteiger partial charge in [0.1, 0.15) is 0 Å². The van der Waals surface area contributed by atoms with E-state index < -0.39 is 0 Å². The topological polar surface area (TPSA) is 40.5 Å². The fourth-order valence-corrected chi connectivity index (χ4v) is 6.29. The van der Waals surface area contributed by atoms with E-state index in [1.807, 2.05) is 6.08 Å². The lowest BCUT2D eigenvalue weighted by molar-refractivity contribution is -0.0620. The molecule has 3 saturated carbocycles. The van der Waals surface area contributed by atoms with Gasteiger partial charge in [0, 0.05) is 5.41 Å². The van der Waals surface area contributed by atoms with E-state index in [-0.39, 0.29) is 23.0 Å². The molecule has 7 atom stereocenters. The molecule has 7 unspecified atom stereocenters. The minimum Gasteiger partial charge on any atom is -0.393 e. The smallest absolute Gasteiger partial charge is 0.0905 e. The van der Waals surface area contributed by atoms with Crippen LogP contribution in [0.25, 0.3) is 0 Å². The highest BCUT2D eigenvalue weighted by Crippen LogP contribution is 2.64. The summed E-state index contributed by atoms with van der Waals surface area (Å²) in [5.41, 5.74) is 1.77. The van der Waals surface area contributed by atoms with Crippen LogP contribution in [0.4, 0.5) is 0 Å². The Morgan fingerprint density at radius 2 is 1.86 bits per heavy atom. The van der Waals surface area contributed by atoms with E-state index in [1.165, 1.54) is 31.3 Å². The number of hydrogen-bond acceptors (Lipinski definition) is 2. The van der Waals surface area contributed by atoms with Crippen molar-refractivity contribution < 1.29 is 10.2 Å². The largest absolute Gasteiger partial charge is 0.393 e. The first-order chi connectivity index (χ1) is 9.95. The first-order valence-electron chi connectivity index (χ1n) is 8.72. The van der Waals surface area contributed by atoms with Gasteiger partial charge in [-0.05, 0) is 61.7 Å². The molecule has 4 rings (SSSR count). The SMILES string of the molecule is CC12C=CC(O)C=C1CCC1C2CCC2(C)C(O)CCC12. The van der Waals surface area contributed by atoms with Gasteiger partial charge in [0.2, 0.25) is 0 Å². The molecule has 0 amide bonds. The molecule has 3 fully saturated rings. The fourth-order valence-electron chi connectivity index (χ4n) is 6.29. The molecule has 0 bridgehead atoms. The molecule has 0 spiro atoms. The Morgan fingerprint density at radius 3 is 2.67 bits per heavy atom. The van der Waals surface area contributed by atoms with Crippen LogP contribution in [-0.4, -0.2) is 22.4 Å². The monoisotopic (exact) mass is 288 g/mol. The number of fused-ring (bicyclic) bond motifs is 5. The molecule has 21 heavy (non-hydrogen) atoms. The van der Waals surface area contributed by atoms with Crippen LogP contribution in [0, 0.1) is 28.6 Å². The van der Waals surface area contributed by atoms with Gasteiger partial charge in [0.05, 0.1) is 12.2 Å². The zero-order valence-corrected chi connectivity index (χ0v) is 13.3. The van der Waals surface area contributed by atoms with Crippen molar-refractivity contribution in [2.45, 2.75) is 64.6 Å². The van der Waals surface area contributed by atoms with E-state index in [1.54, 1.807) is 0 Å². The van der Waals surface area contributed by atoms with Gasteiger partial charge in [-0.25, -0.2) is 0 Å². The molecular formula is C19H28O2. The van der Waals surface area contributed by atoms with Crippen molar-refractivity contribution in [3.05, 3.63) is 23.8 Å². The molecule has 4 aliphatic carbocycles. The lowest BCUT2D eigenvalue weighted by Crippen LogP contribution is -2.50. The van der Waals surface area contributed by atoms with Gasteiger partial charge in [0.25, 0.3) is 0 Å². The second-order valence-electron chi connectivity index (χ2n) is 8.38. The second-order valence-corrected chi connectivity index (χ2v) is 8.38. The summed E-state index contributed by atoms with van der Waals surface area (Å²) in [6.45, 7) is 4.71. The quantitative estimate of drug-likeness (QED) is 0.670. The van der Waals surface area contributed by atoms with E-state index in [9.17, 15) is 10.2 Å². The van der Waals surface area contributed by atoms with Crippen LogP contribution in [0.1, 0.15) is 52.4 Å². The van der Waals surface area contributed by atoms with Crippen molar-refractivity contribution in [1.29, 1.82) is 0 Å². The number of aliphatic hydroxyl groups excluding tert-OH is 2. The molecule has 0 saturated heterocycles. The van der Waals surface area contributed by atoms with Gasteiger partial charge in [-0.15, -0.1) is 0 Å². The Morgan fingerprint density at radius 1 is 1.05 bits per heavy atom. The lowest BCUT2D eigenvalue weighted by Gasteiger charge is -2.56. The number of allylic oxidation sites excluding steroid dienone is 2. The van der Waals surface area contributed by atoms with Crippen molar-refractivity contribution in [2.24, 2.45) is 28.6 Å². The Bertz CT molecular complexity index is 508. The van der Waals surface area contributed by atoms with Crippen LogP contribution in [0.5, 0.6) is 0 Å². The van der Waals surface area contributed by atoms with Crippen molar-refractivity contribution in [1.82, 2.24) is 0 Å². The Kier molecular flexibility index (Phi) is 2.97. The molecule has 2 heteroatoms. The minimum atomic E-state index is -0.383. The third kappa shape index (κ3) is 1.78. The van der Waals surface area contributed by atoms with Gasteiger partial charge < -0.3 is 10.2 Å². The maximum Gasteiger partial charge on any atom is 0.0905 e. The average Bonchev–Trinajstić information content (AvgIpc) is 2.76. The second kappa shape index (κ2) is 4.45. The van der Waals surface area contributed by atoms with Gasteiger partial charge >= 0.3 is 0 Å². The van der Waals surface area contributed by atoms with Gasteiger partial charge in [-0.2, -0.15) is 0 Å².